The first-order valence-corrected chi connectivity index (χ1v) is 10.8. The molecule has 0 aliphatic rings. The molecule has 5 nitrogen and oxygen atoms in total. The number of benzene rings is 3. The molecule has 0 saturated heterocycles. The maximum Gasteiger partial charge on any atom is 0.283 e. The fraction of sp³-hybridized carbons (Fsp3) is 0.0526. The third kappa shape index (κ3) is 3.65. The van der Waals surface area contributed by atoms with E-state index in [4.69, 9.17) is 46.4 Å². The van der Waals surface area contributed by atoms with Crippen LogP contribution in [0.15, 0.2) is 54.6 Å². The zero-order valence-corrected chi connectivity index (χ0v) is 18.1. The molecule has 3 rings (SSSR count). The summed E-state index contributed by atoms with van der Waals surface area (Å²) < 4.78 is 33.9. The zero-order chi connectivity index (χ0) is 21.6. The largest absolute Gasteiger partial charge is 0.506 e. The van der Waals surface area contributed by atoms with E-state index in [-0.39, 0.29) is 42.5 Å². The molecule has 0 radical (unpaired) electrons. The molecule has 0 spiro atoms. The highest BCUT2D eigenvalue weighted by Gasteiger charge is 2.50. The van der Waals surface area contributed by atoms with Gasteiger partial charge in [0.15, 0.2) is 4.75 Å². The van der Waals surface area contributed by atoms with E-state index in [1.54, 1.807) is 0 Å². The zero-order valence-electron chi connectivity index (χ0n) is 14.3. The molecular weight excluding hydrogens is 482 g/mol. The number of hydrogen-bond acceptors (Lipinski definition) is 4. The van der Waals surface area contributed by atoms with Gasteiger partial charge in [-0.05, 0) is 41.5 Å². The monoisotopic (exact) mass is 492 g/mol. The molecule has 3 aromatic rings. The van der Waals surface area contributed by atoms with Gasteiger partial charge in [-0.15, -0.1) is 0 Å². The van der Waals surface area contributed by atoms with Gasteiger partial charge in [0, 0.05) is 10.6 Å². The van der Waals surface area contributed by atoms with Crippen molar-refractivity contribution in [2.75, 3.05) is 0 Å². The predicted octanol–water partition coefficient (Wildman–Crippen LogP) is 5.89. The number of halogens is 4. The van der Waals surface area contributed by atoms with E-state index < -0.39 is 20.6 Å². The molecule has 0 fully saturated rings. The molecule has 0 aliphatic carbocycles. The van der Waals surface area contributed by atoms with Gasteiger partial charge in [-0.1, -0.05) is 70.7 Å². The number of aromatic hydroxyl groups is 2. The summed E-state index contributed by atoms with van der Waals surface area (Å²) in [5.41, 5.74) is -0.347. The van der Waals surface area contributed by atoms with E-state index >= 15 is 0 Å². The minimum atomic E-state index is -5.04. The first-order chi connectivity index (χ1) is 13.5. The van der Waals surface area contributed by atoms with Gasteiger partial charge in [0.1, 0.15) is 16.5 Å². The van der Waals surface area contributed by atoms with Crippen LogP contribution in [0.3, 0.4) is 0 Å². The number of phenols is 2. The van der Waals surface area contributed by atoms with Crippen molar-refractivity contribution in [2.24, 2.45) is 0 Å². The van der Waals surface area contributed by atoms with Crippen molar-refractivity contribution in [3.63, 3.8) is 0 Å². The molecule has 10 heteroatoms. The Labute approximate surface area is 186 Å². The second kappa shape index (κ2) is 7.87. The molecule has 0 amide bonds. The third-order valence-corrected chi connectivity index (χ3v) is 7.22. The molecule has 0 saturated carbocycles. The van der Waals surface area contributed by atoms with Crippen LogP contribution in [0, 0.1) is 0 Å². The van der Waals surface area contributed by atoms with Crippen molar-refractivity contribution < 1.29 is 23.2 Å². The summed E-state index contributed by atoms with van der Waals surface area (Å²) >= 11 is 24.1. The van der Waals surface area contributed by atoms with Gasteiger partial charge in [0.05, 0.1) is 10.0 Å². The Bertz CT molecular complexity index is 1210. The molecule has 152 valence electrons. The summed E-state index contributed by atoms with van der Waals surface area (Å²) in [5, 5.41) is 20.2. The maximum atomic E-state index is 12.9. The number of phenolic OH excluding ortho intramolecular Hbond substituents is 2. The Morgan fingerprint density at radius 2 is 1.45 bits per heavy atom. The van der Waals surface area contributed by atoms with Gasteiger partial charge in [-0.25, -0.2) is 0 Å². The van der Waals surface area contributed by atoms with Gasteiger partial charge < -0.3 is 10.2 Å². The van der Waals surface area contributed by atoms with Crippen LogP contribution in [0.25, 0.3) is 0 Å². The van der Waals surface area contributed by atoms with Crippen LogP contribution in [-0.4, -0.2) is 23.2 Å². The minimum Gasteiger partial charge on any atom is -0.506 e. The highest BCUT2D eigenvalue weighted by Crippen LogP contribution is 2.50. The molecule has 1 atom stereocenters. The number of hydrogen-bond donors (Lipinski definition) is 3. The smallest absolute Gasteiger partial charge is 0.283 e. The Morgan fingerprint density at radius 3 is 2.03 bits per heavy atom. The molecule has 0 heterocycles. The fourth-order valence-electron chi connectivity index (χ4n) is 3.17. The lowest BCUT2D eigenvalue weighted by atomic mass is 9.83. The Kier molecular flexibility index (Phi) is 5.98. The summed E-state index contributed by atoms with van der Waals surface area (Å²) in [6.45, 7) is 0. The first-order valence-electron chi connectivity index (χ1n) is 7.89. The Balaban J connectivity index is 2.58. The second-order valence-electron chi connectivity index (χ2n) is 6.09. The van der Waals surface area contributed by atoms with Crippen LogP contribution in [0.5, 0.6) is 11.5 Å². The van der Waals surface area contributed by atoms with Gasteiger partial charge in [-0.2, -0.15) is 8.42 Å². The summed E-state index contributed by atoms with van der Waals surface area (Å²) in [5.74, 6) is -0.954. The molecule has 1 unspecified atom stereocenters. The molecule has 29 heavy (non-hydrogen) atoms. The van der Waals surface area contributed by atoms with Crippen molar-refractivity contribution in [2.45, 2.75) is 4.75 Å². The Morgan fingerprint density at radius 1 is 0.793 bits per heavy atom. The SMILES string of the molecule is O=S(=O)(O)C(c1cccc(Cl)c1)(c1ccc(O)c(Cl)c1)c1ccc(Cl)c(Cl)c1O. The van der Waals surface area contributed by atoms with Crippen LogP contribution < -0.4 is 0 Å². The van der Waals surface area contributed by atoms with E-state index in [1.807, 2.05) is 0 Å². The summed E-state index contributed by atoms with van der Waals surface area (Å²) in [6.07, 6.45) is 0. The highest BCUT2D eigenvalue weighted by atomic mass is 35.5. The van der Waals surface area contributed by atoms with Crippen molar-refractivity contribution in [1.29, 1.82) is 0 Å². The van der Waals surface area contributed by atoms with Gasteiger partial charge >= 0.3 is 0 Å². The van der Waals surface area contributed by atoms with Crippen molar-refractivity contribution >= 4 is 56.5 Å². The maximum absolute atomic E-state index is 12.9. The summed E-state index contributed by atoms with van der Waals surface area (Å²) in [4.78, 5) is 0. The van der Waals surface area contributed by atoms with Gasteiger partial charge in [-0.3, -0.25) is 4.55 Å². The topological polar surface area (TPSA) is 94.8 Å². The van der Waals surface area contributed by atoms with Crippen LogP contribution in [0.2, 0.25) is 20.1 Å². The Hall–Kier alpha value is -1.67. The van der Waals surface area contributed by atoms with E-state index in [0.29, 0.717) is 0 Å². The minimum absolute atomic E-state index is 0.00273. The predicted molar refractivity (Wildman–Crippen MR) is 114 cm³/mol. The quantitative estimate of drug-likeness (QED) is 0.311. The lowest BCUT2D eigenvalue weighted by molar-refractivity contribution is 0.440. The fourth-order valence-corrected chi connectivity index (χ4v) is 5.15. The third-order valence-electron chi connectivity index (χ3n) is 4.42. The van der Waals surface area contributed by atoms with E-state index in [9.17, 15) is 23.2 Å². The lowest BCUT2D eigenvalue weighted by Crippen LogP contribution is -2.38. The van der Waals surface area contributed by atoms with Gasteiger partial charge in [0.25, 0.3) is 10.1 Å². The van der Waals surface area contributed by atoms with Crippen LogP contribution in [-0.2, 0) is 14.9 Å². The summed E-state index contributed by atoms with van der Waals surface area (Å²) in [6, 6.07) is 11.8. The molecule has 0 bridgehead atoms. The van der Waals surface area contributed by atoms with Gasteiger partial charge in [0.2, 0.25) is 0 Å². The lowest BCUT2D eigenvalue weighted by Gasteiger charge is -2.33. The second-order valence-corrected chi connectivity index (χ2v) is 9.28. The molecular formula is C19H12Cl4O5S. The van der Waals surface area contributed by atoms with Crippen molar-refractivity contribution in [3.05, 3.63) is 91.4 Å². The van der Waals surface area contributed by atoms with Crippen molar-refractivity contribution in [1.82, 2.24) is 0 Å². The molecule has 0 aliphatic heterocycles. The van der Waals surface area contributed by atoms with E-state index in [2.05, 4.69) is 0 Å². The first kappa shape index (κ1) is 22.0. The standard InChI is InChI=1S/C19H12Cl4O5S/c20-12-3-1-2-10(8-12)19(29(26,27)28,11-4-7-16(24)15(22)9-11)13-5-6-14(21)17(23)18(13)25/h1-9,24-25H,(H,26,27,28). The molecule has 3 aromatic carbocycles. The van der Waals surface area contributed by atoms with Crippen LogP contribution in [0.1, 0.15) is 16.7 Å². The van der Waals surface area contributed by atoms with Crippen molar-refractivity contribution in [3.8, 4) is 11.5 Å². The molecule has 3 N–H and O–H groups in total. The number of rotatable bonds is 4. The van der Waals surface area contributed by atoms with E-state index in [0.717, 1.165) is 12.1 Å². The van der Waals surface area contributed by atoms with E-state index in [1.165, 1.54) is 42.5 Å². The normalized spacial score (nSPS) is 13.8. The summed E-state index contributed by atoms with van der Waals surface area (Å²) in [7, 11) is -5.04. The average molecular weight is 494 g/mol. The molecule has 0 aromatic heterocycles. The highest BCUT2D eigenvalue weighted by molar-refractivity contribution is 7.87. The van der Waals surface area contributed by atoms with Crippen LogP contribution in [0.4, 0.5) is 0 Å². The average Bonchev–Trinajstić information content (AvgIpc) is 2.64. The van der Waals surface area contributed by atoms with Crippen LogP contribution >= 0.6 is 46.4 Å².